The third kappa shape index (κ3) is 3.81. The minimum atomic E-state index is -0.379. The molecule has 1 amide bonds. The van der Waals surface area contributed by atoms with Gasteiger partial charge in [-0.1, -0.05) is 25.6 Å². The maximum absolute atomic E-state index is 11.9. The number of imidazole rings is 1. The van der Waals surface area contributed by atoms with Crippen molar-refractivity contribution in [3.63, 3.8) is 0 Å². The van der Waals surface area contributed by atoms with Gasteiger partial charge in [0.05, 0.1) is 17.5 Å². The molecule has 1 heterocycles. The second kappa shape index (κ2) is 6.34. The van der Waals surface area contributed by atoms with Gasteiger partial charge in [-0.2, -0.15) is 0 Å². The highest BCUT2D eigenvalue weighted by atomic mass is 32.1. The zero-order valence-corrected chi connectivity index (χ0v) is 11.0. The zero-order valence-electron chi connectivity index (χ0n) is 10.1. The van der Waals surface area contributed by atoms with Crippen LogP contribution in [0.25, 0.3) is 0 Å². The number of carbonyl (C=O) groups excluding carboxylic acids is 1. The number of hydrogen-bond acceptors (Lipinski definition) is 3. The van der Waals surface area contributed by atoms with Crippen LogP contribution in [0.15, 0.2) is 12.4 Å². The summed E-state index contributed by atoms with van der Waals surface area (Å²) in [4.78, 5) is 16.2. The molecule has 1 unspecified atom stereocenters. The second-order valence-electron chi connectivity index (χ2n) is 3.92. The van der Waals surface area contributed by atoms with Crippen molar-refractivity contribution in [2.75, 3.05) is 0 Å². The molecule has 0 radical (unpaired) electrons. The first-order valence-corrected chi connectivity index (χ1v) is 6.00. The van der Waals surface area contributed by atoms with Crippen LogP contribution in [0.5, 0.6) is 0 Å². The summed E-state index contributed by atoms with van der Waals surface area (Å²) in [6.07, 6.45) is 5.08. The fourth-order valence-electron chi connectivity index (χ4n) is 1.55. The summed E-state index contributed by atoms with van der Waals surface area (Å²) in [6, 6.07) is 0. The molecule has 0 aliphatic heterocycles. The van der Waals surface area contributed by atoms with Crippen LogP contribution in [-0.4, -0.2) is 20.4 Å². The van der Waals surface area contributed by atoms with Crippen LogP contribution in [0.2, 0.25) is 0 Å². The molecule has 0 bridgehead atoms. The fourth-order valence-corrected chi connectivity index (χ4v) is 1.77. The summed E-state index contributed by atoms with van der Waals surface area (Å²) in [5, 5.41) is 2.80. The molecule has 5 nitrogen and oxygen atoms in total. The molecule has 0 aliphatic carbocycles. The number of nitrogens with two attached hydrogens (primary N) is 1. The number of rotatable bonds is 6. The molecule has 1 atom stereocenters. The fraction of sp³-hybridized carbons (Fsp3) is 0.545. The van der Waals surface area contributed by atoms with Crippen molar-refractivity contribution < 1.29 is 4.79 Å². The van der Waals surface area contributed by atoms with Crippen molar-refractivity contribution in [3.05, 3.63) is 18.2 Å². The highest BCUT2D eigenvalue weighted by molar-refractivity contribution is 7.80. The lowest BCUT2D eigenvalue weighted by Crippen LogP contribution is -2.37. The highest BCUT2D eigenvalue weighted by Gasteiger charge is 2.20. The summed E-state index contributed by atoms with van der Waals surface area (Å²) < 4.78 is 1.86. The average Bonchev–Trinajstić information content (AvgIpc) is 2.68. The molecule has 0 saturated heterocycles. The molecule has 6 heteroatoms. The molecule has 3 N–H and O–H groups in total. The molecule has 0 spiro atoms. The predicted molar refractivity (Wildman–Crippen MR) is 70.2 cm³/mol. The Morgan fingerprint density at radius 1 is 1.71 bits per heavy atom. The third-order valence-corrected chi connectivity index (χ3v) is 2.86. The van der Waals surface area contributed by atoms with Crippen LogP contribution in [0.3, 0.4) is 0 Å². The van der Waals surface area contributed by atoms with Gasteiger partial charge >= 0.3 is 0 Å². The smallest absolute Gasteiger partial charge is 0.230 e. The summed E-state index contributed by atoms with van der Waals surface area (Å²) in [6.45, 7) is 2.39. The Kier molecular flexibility index (Phi) is 5.09. The van der Waals surface area contributed by atoms with Gasteiger partial charge < -0.3 is 15.6 Å². The topological polar surface area (TPSA) is 72.9 Å². The van der Waals surface area contributed by atoms with Gasteiger partial charge in [-0.3, -0.25) is 4.79 Å². The first-order valence-electron chi connectivity index (χ1n) is 5.59. The standard InChI is InChI=1S/C11H18N4OS/c1-3-4-8(10(12)17)11(16)14-7-9-13-5-6-15(9)2/h5-6,8H,3-4,7H2,1-2H3,(H2,12,17)(H,14,16). The molecule has 0 fully saturated rings. The first kappa shape index (κ1) is 13.6. The third-order valence-electron chi connectivity index (χ3n) is 2.58. The second-order valence-corrected chi connectivity index (χ2v) is 4.39. The molecule has 1 aromatic heterocycles. The van der Waals surface area contributed by atoms with E-state index < -0.39 is 0 Å². The van der Waals surface area contributed by atoms with Crippen molar-refractivity contribution in [1.29, 1.82) is 0 Å². The number of thiocarbonyl (C=S) groups is 1. The Morgan fingerprint density at radius 2 is 2.41 bits per heavy atom. The van der Waals surface area contributed by atoms with Crippen molar-refractivity contribution in [3.8, 4) is 0 Å². The van der Waals surface area contributed by atoms with Gasteiger partial charge in [-0.05, 0) is 6.42 Å². The van der Waals surface area contributed by atoms with Crippen LogP contribution >= 0.6 is 12.2 Å². The molecule has 0 saturated carbocycles. The van der Waals surface area contributed by atoms with E-state index in [-0.39, 0.29) is 16.8 Å². The van der Waals surface area contributed by atoms with Crippen LogP contribution in [-0.2, 0) is 18.4 Å². The number of aryl methyl sites for hydroxylation is 1. The summed E-state index contributed by atoms with van der Waals surface area (Å²) in [5.41, 5.74) is 5.55. The SMILES string of the molecule is CCCC(C(=O)NCc1nccn1C)C(N)=S. The molecular formula is C11H18N4OS. The van der Waals surface area contributed by atoms with E-state index in [1.165, 1.54) is 0 Å². The average molecular weight is 254 g/mol. The van der Waals surface area contributed by atoms with E-state index in [4.69, 9.17) is 18.0 Å². The molecule has 17 heavy (non-hydrogen) atoms. The lowest BCUT2D eigenvalue weighted by Gasteiger charge is -2.14. The number of carbonyl (C=O) groups is 1. The maximum atomic E-state index is 11.9. The van der Waals surface area contributed by atoms with Crippen molar-refractivity contribution in [2.45, 2.75) is 26.3 Å². The lowest BCUT2D eigenvalue weighted by atomic mass is 10.0. The Labute approximate surface area is 106 Å². The minimum absolute atomic E-state index is 0.123. The molecule has 0 aromatic carbocycles. The molecule has 0 aliphatic rings. The Bertz CT molecular complexity index is 402. The van der Waals surface area contributed by atoms with E-state index in [9.17, 15) is 4.79 Å². The first-order chi connectivity index (χ1) is 8.06. The van der Waals surface area contributed by atoms with Gasteiger partial charge in [-0.15, -0.1) is 0 Å². The Hall–Kier alpha value is -1.43. The van der Waals surface area contributed by atoms with Gasteiger partial charge in [-0.25, -0.2) is 4.98 Å². The van der Waals surface area contributed by atoms with E-state index in [0.29, 0.717) is 13.0 Å². The zero-order chi connectivity index (χ0) is 12.8. The minimum Gasteiger partial charge on any atom is -0.393 e. The van der Waals surface area contributed by atoms with Crippen molar-refractivity contribution >= 4 is 23.1 Å². The van der Waals surface area contributed by atoms with Crippen LogP contribution in [0.4, 0.5) is 0 Å². The predicted octanol–water partition coefficient (Wildman–Crippen LogP) is 0.739. The van der Waals surface area contributed by atoms with E-state index in [1.54, 1.807) is 6.20 Å². The summed E-state index contributed by atoms with van der Waals surface area (Å²) in [5.74, 6) is 0.300. The molecule has 1 rings (SSSR count). The number of amides is 1. The van der Waals surface area contributed by atoms with Gasteiger partial charge in [0.25, 0.3) is 0 Å². The maximum Gasteiger partial charge on any atom is 0.230 e. The van der Waals surface area contributed by atoms with Crippen molar-refractivity contribution in [1.82, 2.24) is 14.9 Å². The van der Waals surface area contributed by atoms with E-state index in [2.05, 4.69) is 10.3 Å². The number of nitrogens with one attached hydrogen (secondary N) is 1. The van der Waals surface area contributed by atoms with Crippen LogP contribution < -0.4 is 11.1 Å². The monoisotopic (exact) mass is 254 g/mol. The normalized spacial score (nSPS) is 12.1. The van der Waals surface area contributed by atoms with Gasteiger partial charge in [0.15, 0.2) is 0 Å². The van der Waals surface area contributed by atoms with E-state index >= 15 is 0 Å². The highest BCUT2D eigenvalue weighted by Crippen LogP contribution is 2.07. The molecule has 1 aromatic rings. The number of aromatic nitrogens is 2. The Morgan fingerprint density at radius 3 is 2.88 bits per heavy atom. The summed E-state index contributed by atoms with van der Waals surface area (Å²) >= 11 is 4.89. The largest absolute Gasteiger partial charge is 0.393 e. The van der Waals surface area contributed by atoms with Crippen LogP contribution in [0.1, 0.15) is 25.6 Å². The van der Waals surface area contributed by atoms with Gasteiger partial charge in [0.2, 0.25) is 5.91 Å². The van der Waals surface area contributed by atoms with Gasteiger partial charge in [0, 0.05) is 19.4 Å². The van der Waals surface area contributed by atoms with Crippen molar-refractivity contribution in [2.24, 2.45) is 18.7 Å². The lowest BCUT2D eigenvalue weighted by molar-refractivity contribution is -0.123. The molecular weight excluding hydrogens is 236 g/mol. The van der Waals surface area contributed by atoms with E-state index in [1.807, 2.05) is 24.7 Å². The summed E-state index contributed by atoms with van der Waals surface area (Å²) in [7, 11) is 1.88. The molecule has 94 valence electrons. The number of hydrogen-bond donors (Lipinski definition) is 2. The quantitative estimate of drug-likeness (QED) is 0.734. The van der Waals surface area contributed by atoms with E-state index in [0.717, 1.165) is 12.2 Å². The Balaban J connectivity index is 2.53. The van der Waals surface area contributed by atoms with Gasteiger partial charge in [0.1, 0.15) is 5.82 Å². The number of nitrogens with zero attached hydrogens (tertiary/aromatic N) is 2. The van der Waals surface area contributed by atoms with Crippen LogP contribution in [0, 0.1) is 5.92 Å².